The van der Waals surface area contributed by atoms with Gasteiger partial charge in [-0.2, -0.15) is 12.6 Å². The number of carbonyl (C=O) groups excluding carboxylic acids is 2. The number of hydrogen-bond acceptors (Lipinski definition) is 6. The molecule has 0 rings (SSSR count). The first kappa shape index (κ1) is 18.1. The topological polar surface area (TPSA) is 159 Å². The summed E-state index contributed by atoms with van der Waals surface area (Å²) in [5.41, 5.74) is 5.22. The van der Waals surface area contributed by atoms with Crippen LogP contribution < -0.4 is 11.1 Å². The first-order valence-corrected chi connectivity index (χ1v) is 6.10. The molecule has 2 amide bonds. The highest BCUT2D eigenvalue weighted by molar-refractivity contribution is 7.80. The van der Waals surface area contributed by atoms with Gasteiger partial charge in [0.1, 0.15) is 18.3 Å². The van der Waals surface area contributed by atoms with Crippen molar-refractivity contribution in [1.29, 1.82) is 0 Å². The molecule has 20 heavy (non-hydrogen) atoms. The second kappa shape index (κ2) is 9.04. The highest BCUT2D eigenvalue weighted by atomic mass is 32.1. The van der Waals surface area contributed by atoms with Gasteiger partial charge in [-0.25, -0.2) is 9.79 Å². The van der Waals surface area contributed by atoms with Crippen molar-refractivity contribution < 1.29 is 29.4 Å². The van der Waals surface area contributed by atoms with Gasteiger partial charge in [-0.05, 0) is 6.42 Å². The molecule has 0 bridgehead atoms. The lowest BCUT2D eigenvalue weighted by molar-refractivity contribution is -0.139. The molecule has 0 saturated carbocycles. The minimum atomic E-state index is -1.39. The average Bonchev–Trinajstić information content (AvgIpc) is 2.38. The Morgan fingerprint density at radius 3 is 2.35 bits per heavy atom. The number of aliphatic carboxylic acids is 2. The Hall–Kier alpha value is -1.94. The van der Waals surface area contributed by atoms with E-state index >= 15 is 0 Å². The molecule has 0 spiro atoms. The van der Waals surface area contributed by atoms with Gasteiger partial charge in [0.25, 0.3) is 5.91 Å². The van der Waals surface area contributed by atoms with Crippen molar-refractivity contribution in [2.75, 3.05) is 5.75 Å². The van der Waals surface area contributed by atoms with E-state index in [1.807, 2.05) is 0 Å². The van der Waals surface area contributed by atoms with E-state index in [4.69, 9.17) is 15.9 Å². The van der Waals surface area contributed by atoms with Gasteiger partial charge in [0.2, 0.25) is 5.91 Å². The van der Waals surface area contributed by atoms with Crippen molar-refractivity contribution in [3.05, 3.63) is 0 Å². The molecule has 0 saturated heterocycles. The predicted molar refractivity (Wildman–Crippen MR) is 71.8 cm³/mol. The maximum atomic E-state index is 11.5. The zero-order chi connectivity index (χ0) is 15.7. The van der Waals surface area contributed by atoms with E-state index in [1.165, 1.54) is 0 Å². The number of carbonyl (C=O) groups is 4. The zero-order valence-electron chi connectivity index (χ0n) is 10.4. The van der Waals surface area contributed by atoms with Crippen LogP contribution in [0.1, 0.15) is 12.8 Å². The van der Waals surface area contributed by atoms with Crippen LogP contribution in [0.4, 0.5) is 0 Å². The maximum Gasteiger partial charge on any atom is 0.347 e. The molecular weight excluding hydrogens is 290 g/mol. The number of aliphatic imine (C=N–C) groups is 1. The van der Waals surface area contributed by atoms with Gasteiger partial charge >= 0.3 is 11.9 Å². The first-order chi connectivity index (χ1) is 9.27. The zero-order valence-corrected chi connectivity index (χ0v) is 11.2. The number of amides is 2. The van der Waals surface area contributed by atoms with Crippen molar-refractivity contribution in [3.63, 3.8) is 0 Å². The molecule has 0 heterocycles. The fourth-order valence-electron chi connectivity index (χ4n) is 1.07. The van der Waals surface area contributed by atoms with Crippen molar-refractivity contribution >= 4 is 42.6 Å². The first-order valence-electron chi connectivity index (χ1n) is 5.47. The lowest BCUT2D eigenvalue weighted by Crippen LogP contribution is -2.42. The molecular formula is C10H15N3O6S. The summed E-state index contributed by atoms with van der Waals surface area (Å²) in [5.74, 6) is -4.16. The lowest BCUT2D eigenvalue weighted by Gasteiger charge is -2.13. The van der Waals surface area contributed by atoms with Crippen molar-refractivity contribution in [1.82, 2.24) is 5.32 Å². The molecule has 0 aromatic heterocycles. The normalized spacial score (nSPS) is 13.7. The molecule has 2 unspecified atom stereocenters. The third-order valence-electron chi connectivity index (χ3n) is 2.12. The van der Waals surface area contributed by atoms with E-state index in [0.717, 1.165) is 0 Å². The number of nitrogens with zero attached hydrogens (tertiary/aromatic N) is 1. The Morgan fingerprint density at radius 2 is 1.90 bits per heavy atom. The number of nitrogens with two attached hydrogens (primary N) is 1. The second-order valence-electron chi connectivity index (χ2n) is 3.72. The van der Waals surface area contributed by atoms with Gasteiger partial charge in [-0.15, -0.1) is 0 Å². The Bertz CT molecular complexity index is 425. The summed E-state index contributed by atoms with van der Waals surface area (Å²) in [7, 11) is 0. The van der Waals surface area contributed by atoms with Crippen molar-refractivity contribution in [2.24, 2.45) is 10.7 Å². The van der Waals surface area contributed by atoms with Crippen LogP contribution in [-0.2, 0) is 19.2 Å². The molecule has 0 aromatic carbocycles. The molecule has 2 atom stereocenters. The molecule has 112 valence electrons. The number of carboxylic acid groups (broad SMARTS) is 2. The van der Waals surface area contributed by atoms with Crippen LogP contribution in [0.15, 0.2) is 4.99 Å². The van der Waals surface area contributed by atoms with E-state index in [2.05, 4.69) is 22.9 Å². The fourth-order valence-corrected chi connectivity index (χ4v) is 1.32. The minimum absolute atomic E-state index is 0.0769. The summed E-state index contributed by atoms with van der Waals surface area (Å²) >= 11 is 3.84. The third-order valence-corrected chi connectivity index (χ3v) is 2.48. The second-order valence-corrected chi connectivity index (χ2v) is 4.09. The number of nitrogens with one attached hydrogen (secondary N) is 1. The summed E-state index contributed by atoms with van der Waals surface area (Å²) in [6.07, 6.45) is 0.131. The van der Waals surface area contributed by atoms with Crippen LogP contribution in [-0.4, -0.2) is 58.0 Å². The van der Waals surface area contributed by atoms with Crippen LogP contribution in [0.2, 0.25) is 0 Å². The Balaban J connectivity index is 4.35. The maximum absolute atomic E-state index is 11.5. The van der Waals surface area contributed by atoms with Gasteiger partial charge in [-0.3, -0.25) is 14.4 Å². The Kier molecular flexibility index (Phi) is 8.16. The Morgan fingerprint density at radius 1 is 1.30 bits per heavy atom. The largest absolute Gasteiger partial charge is 0.480 e. The van der Waals surface area contributed by atoms with Gasteiger partial charge in [-0.1, -0.05) is 0 Å². The predicted octanol–water partition coefficient (Wildman–Crippen LogP) is -1.72. The van der Waals surface area contributed by atoms with Crippen LogP contribution >= 0.6 is 12.6 Å². The molecule has 0 aliphatic rings. The quantitative estimate of drug-likeness (QED) is 0.263. The lowest BCUT2D eigenvalue weighted by atomic mass is 10.1. The van der Waals surface area contributed by atoms with E-state index in [-0.39, 0.29) is 18.6 Å². The molecule has 9 nitrogen and oxygen atoms in total. The van der Waals surface area contributed by atoms with Crippen molar-refractivity contribution in [3.8, 4) is 0 Å². The third kappa shape index (κ3) is 7.48. The van der Waals surface area contributed by atoms with E-state index < -0.39 is 35.8 Å². The fraction of sp³-hybridized carbons (Fsp3) is 0.500. The SMILES string of the molecule is NC(CCC(=O)NC(CS)C(=O)N=CC(=O)O)C(=O)O. The standard InChI is InChI=1S/C10H15N3O6S/c11-5(10(18)19)1-2-7(14)13-6(4-20)9(17)12-3-8(15)16/h3,5-6,20H,1-2,4,11H2,(H,13,14)(H,15,16)(H,18,19). The van der Waals surface area contributed by atoms with E-state index in [1.54, 1.807) is 0 Å². The van der Waals surface area contributed by atoms with E-state index in [0.29, 0.717) is 6.21 Å². The van der Waals surface area contributed by atoms with Gasteiger partial charge in [0, 0.05) is 12.2 Å². The van der Waals surface area contributed by atoms with Crippen LogP contribution in [0, 0.1) is 0 Å². The number of hydrogen-bond donors (Lipinski definition) is 5. The van der Waals surface area contributed by atoms with Gasteiger partial charge < -0.3 is 21.3 Å². The number of thiol groups is 1. The highest BCUT2D eigenvalue weighted by Crippen LogP contribution is 1.98. The van der Waals surface area contributed by atoms with E-state index in [9.17, 15) is 19.2 Å². The summed E-state index contributed by atoms with van der Waals surface area (Å²) < 4.78 is 0. The molecule has 0 fully saturated rings. The molecule has 0 aromatic rings. The molecule has 10 heteroatoms. The summed E-state index contributed by atoms with van der Waals surface area (Å²) in [6.45, 7) is 0. The molecule has 0 radical (unpaired) electrons. The minimum Gasteiger partial charge on any atom is -0.480 e. The monoisotopic (exact) mass is 305 g/mol. The summed E-state index contributed by atoms with van der Waals surface area (Å²) in [5, 5.41) is 19.1. The summed E-state index contributed by atoms with van der Waals surface area (Å²) in [6, 6.07) is -2.25. The van der Waals surface area contributed by atoms with Crippen LogP contribution in [0.3, 0.4) is 0 Å². The number of carboxylic acids is 2. The molecule has 0 aliphatic carbocycles. The van der Waals surface area contributed by atoms with Gasteiger partial charge in [0.15, 0.2) is 0 Å². The van der Waals surface area contributed by atoms with Crippen molar-refractivity contribution in [2.45, 2.75) is 24.9 Å². The van der Waals surface area contributed by atoms with Crippen LogP contribution in [0.25, 0.3) is 0 Å². The van der Waals surface area contributed by atoms with Crippen LogP contribution in [0.5, 0.6) is 0 Å². The molecule has 5 N–H and O–H groups in total. The summed E-state index contributed by atoms with van der Waals surface area (Å²) in [4.78, 5) is 46.7. The average molecular weight is 305 g/mol. The highest BCUT2D eigenvalue weighted by Gasteiger charge is 2.20. The Labute approximate surface area is 119 Å². The smallest absolute Gasteiger partial charge is 0.347 e. The number of rotatable bonds is 8. The van der Waals surface area contributed by atoms with Gasteiger partial charge in [0.05, 0.1) is 0 Å². The molecule has 0 aliphatic heterocycles.